The van der Waals surface area contributed by atoms with Gasteiger partial charge < -0.3 is 27.0 Å². The summed E-state index contributed by atoms with van der Waals surface area (Å²) in [6.45, 7) is 2.55. The fraction of sp³-hybridized carbons (Fsp3) is 0.316. The van der Waals surface area contributed by atoms with Gasteiger partial charge in [-0.3, -0.25) is 14.4 Å². The summed E-state index contributed by atoms with van der Waals surface area (Å²) >= 11 is 0. The minimum atomic E-state index is -0.798. The maximum Gasteiger partial charge on any atom is 0.272 e. The Morgan fingerprint density at radius 1 is 1.26 bits per heavy atom. The van der Waals surface area contributed by atoms with Gasteiger partial charge >= 0.3 is 0 Å². The first-order valence-electron chi connectivity index (χ1n) is 9.47. The van der Waals surface area contributed by atoms with E-state index in [0.29, 0.717) is 25.2 Å². The van der Waals surface area contributed by atoms with Crippen LogP contribution in [0, 0.1) is 17.2 Å². The van der Waals surface area contributed by atoms with E-state index in [0.717, 1.165) is 0 Å². The molecule has 3 rings (SSSR count). The Hall–Kier alpha value is -4.27. The fourth-order valence-electron chi connectivity index (χ4n) is 2.90. The number of amides is 3. The van der Waals surface area contributed by atoms with Crippen molar-refractivity contribution < 1.29 is 14.4 Å². The zero-order chi connectivity index (χ0) is 22.5. The zero-order valence-electron chi connectivity index (χ0n) is 16.7. The molecule has 1 saturated heterocycles. The number of rotatable bonds is 8. The number of hydrogen-bond acceptors (Lipinski definition) is 9. The van der Waals surface area contributed by atoms with E-state index in [9.17, 15) is 14.4 Å². The van der Waals surface area contributed by atoms with Crippen molar-refractivity contribution in [1.82, 2.24) is 19.9 Å². The Bertz CT molecular complexity index is 1040. The lowest BCUT2D eigenvalue weighted by Crippen LogP contribution is -2.49. The van der Waals surface area contributed by atoms with Crippen LogP contribution in [0.1, 0.15) is 34.3 Å². The molecule has 1 fully saturated rings. The number of nitrogens with zero attached hydrogens (tertiary/aromatic N) is 5. The molecule has 3 heterocycles. The summed E-state index contributed by atoms with van der Waals surface area (Å²) in [5.74, 6) is -1.48. The topological polar surface area (TPSA) is 193 Å². The molecule has 31 heavy (non-hydrogen) atoms. The molecule has 1 aliphatic rings. The smallest absolute Gasteiger partial charge is 0.272 e. The van der Waals surface area contributed by atoms with Gasteiger partial charge in [-0.05, 0) is 18.6 Å². The minimum absolute atomic E-state index is 0.0531. The van der Waals surface area contributed by atoms with Crippen LogP contribution in [0.2, 0.25) is 0 Å². The third-order valence-corrected chi connectivity index (χ3v) is 4.68. The third kappa shape index (κ3) is 4.84. The molecule has 0 spiro atoms. The summed E-state index contributed by atoms with van der Waals surface area (Å²) in [6, 6.07) is 4.56. The number of primary amides is 2. The largest absolute Gasteiger partial charge is 0.368 e. The van der Waals surface area contributed by atoms with E-state index in [1.165, 1.54) is 23.4 Å². The number of hydrogen-bond donors (Lipinski definition) is 4. The number of carbonyl (C=O) groups is 3. The lowest BCUT2D eigenvalue weighted by molar-refractivity contribution is -0.118. The van der Waals surface area contributed by atoms with Crippen molar-refractivity contribution in [3.05, 3.63) is 35.9 Å². The monoisotopic (exact) mass is 423 g/mol. The molecule has 12 nitrogen and oxygen atoms in total. The van der Waals surface area contributed by atoms with Crippen LogP contribution in [0.25, 0.3) is 0 Å². The SMILES string of the molecule is CCC(Nc1cnc(C(N)=O)c(Nc2ccc(C(=O)N3CC(C#N)C3)nc2)n1)C(N)=O. The molecule has 2 aromatic rings. The van der Waals surface area contributed by atoms with E-state index in [1.807, 2.05) is 0 Å². The molecule has 3 amide bonds. The van der Waals surface area contributed by atoms with Crippen LogP contribution in [0.15, 0.2) is 24.5 Å². The quantitative estimate of drug-likeness (QED) is 0.451. The number of nitrogens with one attached hydrogen (secondary N) is 2. The summed E-state index contributed by atoms with van der Waals surface area (Å²) in [5, 5.41) is 14.6. The lowest BCUT2D eigenvalue weighted by atomic mass is 10.0. The highest BCUT2D eigenvalue weighted by Crippen LogP contribution is 2.21. The molecule has 0 aromatic carbocycles. The van der Waals surface area contributed by atoms with Crippen molar-refractivity contribution in [2.45, 2.75) is 19.4 Å². The van der Waals surface area contributed by atoms with Crippen molar-refractivity contribution >= 4 is 35.0 Å². The van der Waals surface area contributed by atoms with E-state index >= 15 is 0 Å². The molecule has 0 aliphatic carbocycles. The summed E-state index contributed by atoms with van der Waals surface area (Å²) in [6.07, 6.45) is 3.11. The molecule has 0 radical (unpaired) electrons. The average Bonchev–Trinajstić information content (AvgIpc) is 2.71. The molecule has 1 unspecified atom stereocenters. The molecule has 0 saturated carbocycles. The van der Waals surface area contributed by atoms with Crippen molar-refractivity contribution in [3.63, 3.8) is 0 Å². The van der Waals surface area contributed by atoms with Gasteiger partial charge in [0.2, 0.25) is 5.91 Å². The minimum Gasteiger partial charge on any atom is -0.368 e. The number of carbonyl (C=O) groups excluding carboxylic acids is 3. The molecular weight excluding hydrogens is 402 g/mol. The second-order valence-corrected chi connectivity index (χ2v) is 6.92. The van der Waals surface area contributed by atoms with E-state index in [1.54, 1.807) is 13.0 Å². The maximum absolute atomic E-state index is 12.3. The Kier molecular flexibility index (Phi) is 6.25. The summed E-state index contributed by atoms with van der Waals surface area (Å²) in [7, 11) is 0. The molecule has 1 atom stereocenters. The van der Waals surface area contributed by atoms with Crippen molar-refractivity contribution in [2.24, 2.45) is 17.4 Å². The van der Waals surface area contributed by atoms with Crippen LogP contribution in [0.5, 0.6) is 0 Å². The third-order valence-electron chi connectivity index (χ3n) is 4.68. The first-order valence-corrected chi connectivity index (χ1v) is 9.47. The maximum atomic E-state index is 12.3. The van der Waals surface area contributed by atoms with Crippen LogP contribution in [0.3, 0.4) is 0 Å². The fourth-order valence-corrected chi connectivity index (χ4v) is 2.90. The van der Waals surface area contributed by atoms with Gasteiger partial charge in [-0.25, -0.2) is 15.0 Å². The van der Waals surface area contributed by atoms with Gasteiger partial charge in [0.1, 0.15) is 17.6 Å². The van der Waals surface area contributed by atoms with Gasteiger partial charge in [-0.1, -0.05) is 6.92 Å². The highest BCUT2D eigenvalue weighted by atomic mass is 16.2. The molecule has 2 aromatic heterocycles. The van der Waals surface area contributed by atoms with Crippen LogP contribution in [-0.2, 0) is 4.79 Å². The molecule has 0 bridgehead atoms. The number of aromatic nitrogens is 3. The molecule has 6 N–H and O–H groups in total. The van der Waals surface area contributed by atoms with Crippen LogP contribution < -0.4 is 22.1 Å². The normalized spacial score (nSPS) is 14.1. The Balaban J connectivity index is 1.76. The Labute approximate surface area is 177 Å². The number of nitrogens with two attached hydrogens (primary N) is 2. The second kappa shape index (κ2) is 9.04. The van der Waals surface area contributed by atoms with Crippen molar-refractivity contribution in [1.29, 1.82) is 5.26 Å². The van der Waals surface area contributed by atoms with E-state index in [-0.39, 0.29) is 34.8 Å². The van der Waals surface area contributed by atoms with Gasteiger partial charge in [-0.2, -0.15) is 5.26 Å². The molecule has 12 heteroatoms. The van der Waals surface area contributed by atoms with Gasteiger partial charge in [0.15, 0.2) is 11.5 Å². The molecule has 160 valence electrons. The van der Waals surface area contributed by atoms with Gasteiger partial charge in [0.25, 0.3) is 11.8 Å². The summed E-state index contributed by atoms with van der Waals surface area (Å²) in [5.41, 5.74) is 11.3. The van der Waals surface area contributed by atoms with E-state index < -0.39 is 17.9 Å². The zero-order valence-corrected chi connectivity index (χ0v) is 16.7. The van der Waals surface area contributed by atoms with Gasteiger partial charge in [-0.15, -0.1) is 0 Å². The predicted octanol–water partition coefficient (Wildman–Crippen LogP) is -0.0145. The molecular formula is C19H21N9O3. The Morgan fingerprint density at radius 3 is 2.55 bits per heavy atom. The number of anilines is 3. The first kappa shape index (κ1) is 21.4. The van der Waals surface area contributed by atoms with Crippen molar-refractivity contribution in [3.8, 4) is 6.07 Å². The standard InChI is InChI=1S/C19H21N9O3/c1-2-12(16(21)29)26-14-7-24-15(17(22)30)18(27-14)25-11-3-4-13(23-6-11)19(31)28-8-10(5-20)9-28/h3-4,6-7,10,12H,2,8-9H2,1H3,(H2,21,29)(H2,22,30)(H2,25,26,27). The van der Waals surface area contributed by atoms with Crippen LogP contribution >= 0.6 is 0 Å². The second-order valence-electron chi connectivity index (χ2n) is 6.92. The number of nitriles is 1. The van der Waals surface area contributed by atoms with Crippen LogP contribution in [-0.4, -0.2) is 56.7 Å². The average molecular weight is 423 g/mol. The highest BCUT2D eigenvalue weighted by molar-refractivity contribution is 5.96. The summed E-state index contributed by atoms with van der Waals surface area (Å²) in [4.78, 5) is 49.4. The van der Waals surface area contributed by atoms with Crippen LogP contribution in [0.4, 0.5) is 17.3 Å². The number of pyridine rings is 1. The lowest BCUT2D eigenvalue weighted by Gasteiger charge is -2.34. The highest BCUT2D eigenvalue weighted by Gasteiger charge is 2.31. The predicted molar refractivity (Wildman–Crippen MR) is 110 cm³/mol. The van der Waals surface area contributed by atoms with E-state index in [4.69, 9.17) is 16.7 Å². The van der Waals surface area contributed by atoms with Gasteiger partial charge in [0.05, 0.1) is 30.1 Å². The summed E-state index contributed by atoms with van der Waals surface area (Å²) < 4.78 is 0. The van der Waals surface area contributed by atoms with Gasteiger partial charge in [0, 0.05) is 13.1 Å². The van der Waals surface area contributed by atoms with E-state index in [2.05, 4.69) is 31.7 Å². The first-order chi connectivity index (χ1) is 14.8. The Morgan fingerprint density at radius 2 is 2.00 bits per heavy atom. The number of likely N-dealkylation sites (tertiary alicyclic amines) is 1. The van der Waals surface area contributed by atoms with Crippen molar-refractivity contribution in [2.75, 3.05) is 23.7 Å². The molecule has 1 aliphatic heterocycles.